The van der Waals surface area contributed by atoms with Gasteiger partial charge in [0.1, 0.15) is 0 Å². The lowest BCUT2D eigenvalue weighted by Gasteiger charge is -1.86. The molecule has 1 nitrogen and oxygen atoms in total. The fourth-order valence-electron chi connectivity index (χ4n) is 0.579. The topological polar surface area (TPSA) is 17.1 Å². The van der Waals surface area contributed by atoms with Crippen molar-refractivity contribution in [2.45, 2.75) is 13.3 Å². The van der Waals surface area contributed by atoms with Crippen molar-refractivity contribution >= 4 is 17.1 Å². The normalized spacial score (nSPS) is 9.44. The minimum atomic E-state index is 0.201. The molecule has 1 aromatic heterocycles. The van der Waals surface area contributed by atoms with Gasteiger partial charge in [-0.2, -0.15) is 0 Å². The number of carbonyl (C=O) groups excluding carboxylic acids is 1. The monoisotopic (exact) mass is 139 g/mol. The summed E-state index contributed by atoms with van der Waals surface area (Å²) in [4.78, 5) is 10.9. The summed E-state index contributed by atoms with van der Waals surface area (Å²) < 4.78 is 0. The standard InChI is InChI=1S/C7H7OS/c1-2-7(8)6-3-4-9-5-6/h3,5H,2H2,1H3. The Balaban J connectivity index is 2.77. The highest BCUT2D eigenvalue weighted by Crippen LogP contribution is 2.06. The molecule has 0 spiro atoms. The maximum absolute atomic E-state index is 10.9. The lowest BCUT2D eigenvalue weighted by atomic mass is 10.2. The van der Waals surface area contributed by atoms with Crippen molar-refractivity contribution in [1.82, 2.24) is 0 Å². The number of ketones is 1. The van der Waals surface area contributed by atoms with Crippen molar-refractivity contribution in [2.75, 3.05) is 0 Å². The Bertz CT molecular complexity index is 189. The van der Waals surface area contributed by atoms with E-state index >= 15 is 0 Å². The Kier molecular flexibility index (Phi) is 2.01. The lowest BCUT2D eigenvalue weighted by molar-refractivity contribution is 0.0988. The first-order valence-corrected chi connectivity index (χ1v) is 3.70. The third kappa shape index (κ3) is 1.39. The van der Waals surface area contributed by atoms with Crippen molar-refractivity contribution < 1.29 is 4.79 Å². The van der Waals surface area contributed by atoms with Gasteiger partial charge in [0.25, 0.3) is 0 Å². The Morgan fingerprint density at radius 3 is 3.11 bits per heavy atom. The second kappa shape index (κ2) is 2.78. The molecule has 9 heavy (non-hydrogen) atoms. The molecular weight excluding hydrogens is 132 g/mol. The van der Waals surface area contributed by atoms with Crippen LogP contribution in [0.1, 0.15) is 23.7 Å². The third-order valence-corrected chi connectivity index (χ3v) is 1.74. The highest BCUT2D eigenvalue weighted by Gasteiger charge is 2.00. The molecule has 1 rings (SSSR count). The first-order valence-electron chi connectivity index (χ1n) is 2.82. The third-order valence-electron chi connectivity index (χ3n) is 1.11. The average molecular weight is 139 g/mol. The van der Waals surface area contributed by atoms with E-state index in [1.165, 1.54) is 11.3 Å². The van der Waals surface area contributed by atoms with Gasteiger partial charge in [0.05, 0.1) is 0 Å². The molecule has 2 heteroatoms. The van der Waals surface area contributed by atoms with Crippen LogP contribution >= 0.6 is 11.3 Å². The average Bonchev–Trinajstić information content (AvgIpc) is 2.37. The summed E-state index contributed by atoms with van der Waals surface area (Å²) in [6.07, 6.45) is 0.588. The number of carbonyl (C=O) groups is 1. The quantitative estimate of drug-likeness (QED) is 0.574. The van der Waals surface area contributed by atoms with Crippen LogP contribution in [0.2, 0.25) is 0 Å². The molecule has 47 valence electrons. The summed E-state index contributed by atoms with van der Waals surface area (Å²) >= 11 is 1.44. The predicted octanol–water partition coefficient (Wildman–Crippen LogP) is 2.14. The lowest BCUT2D eigenvalue weighted by Crippen LogP contribution is -1.91. The fourth-order valence-corrected chi connectivity index (χ4v) is 1.17. The molecule has 0 saturated carbocycles. The van der Waals surface area contributed by atoms with Crippen molar-refractivity contribution in [3.8, 4) is 0 Å². The molecule has 1 aromatic rings. The predicted molar refractivity (Wildman–Crippen MR) is 37.8 cm³/mol. The molecule has 0 unspecified atom stereocenters. The molecular formula is C7H7OS. The molecule has 0 bridgehead atoms. The second-order valence-electron chi connectivity index (χ2n) is 1.73. The van der Waals surface area contributed by atoms with Crippen LogP contribution in [-0.4, -0.2) is 5.78 Å². The van der Waals surface area contributed by atoms with Crippen LogP contribution in [0.4, 0.5) is 0 Å². The van der Waals surface area contributed by atoms with E-state index in [0.717, 1.165) is 5.56 Å². The Labute approximate surface area is 58.3 Å². The summed E-state index contributed by atoms with van der Waals surface area (Å²) in [5.74, 6) is 0.201. The van der Waals surface area contributed by atoms with Gasteiger partial charge in [0, 0.05) is 22.7 Å². The Hall–Kier alpha value is -0.630. The molecule has 0 aliphatic rings. The van der Waals surface area contributed by atoms with Gasteiger partial charge in [-0.05, 0) is 6.07 Å². The highest BCUT2D eigenvalue weighted by molar-refractivity contribution is 7.07. The van der Waals surface area contributed by atoms with E-state index in [9.17, 15) is 4.79 Å². The molecule has 0 aliphatic heterocycles. The minimum Gasteiger partial charge on any atom is -0.294 e. The smallest absolute Gasteiger partial charge is 0.163 e. The van der Waals surface area contributed by atoms with Crippen LogP contribution in [0.5, 0.6) is 0 Å². The summed E-state index contributed by atoms with van der Waals surface area (Å²) in [5.41, 5.74) is 0.794. The molecule has 0 fully saturated rings. The molecule has 0 N–H and O–H groups in total. The maximum Gasteiger partial charge on any atom is 0.163 e. The van der Waals surface area contributed by atoms with Gasteiger partial charge in [-0.1, -0.05) is 6.92 Å². The van der Waals surface area contributed by atoms with E-state index in [4.69, 9.17) is 0 Å². The van der Waals surface area contributed by atoms with Gasteiger partial charge in [-0.25, -0.2) is 0 Å². The minimum absolute atomic E-state index is 0.201. The van der Waals surface area contributed by atoms with Gasteiger partial charge in [-0.15, -0.1) is 11.3 Å². The number of hydrogen-bond acceptors (Lipinski definition) is 2. The van der Waals surface area contributed by atoms with Gasteiger partial charge < -0.3 is 0 Å². The molecule has 0 aliphatic carbocycles. The molecule has 1 radical (unpaired) electrons. The van der Waals surface area contributed by atoms with E-state index in [0.29, 0.717) is 6.42 Å². The fraction of sp³-hybridized carbons (Fsp3) is 0.286. The van der Waals surface area contributed by atoms with Crippen molar-refractivity contribution in [3.05, 3.63) is 22.4 Å². The summed E-state index contributed by atoms with van der Waals surface area (Å²) in [7, 11) is 0. The number of rotatable bonds is 2. The van der Waals surface area contributed by atoms with Crippen LogP contribution in [0, 0.1) is 5.38 Å². The van der Waals surface area contributed by atoms with Crippen molar-refractivity contribution in [3.63, 3.8) is 0 Å². The van der Waals surface area contributed by atoms with Crippen LogP contribution in [0.15, 0.2) is 11.4 Å². The van der Waals surface area contributed by atoms with Crippen molar-refractivity contribution in [1.29, 1.82) is 0 Å². The SMILES string of the molecule is CCC(=O)c1c[c]sc1. The molecule has 0 aromatic carbocycles. The van der Waals surface area contributed by atoms with Crippen LogP contribution in [0.3, 0.4) is 0 Å². The van der Waals surface area contributed by atoms with Gasteiger partial charge in [-0.3, -0.25) is 4.79 Å². The van der Waals surface area contributed by atoms with Gasteiger partial charge in [0.2, 0.25) is 0 Å². The summed E-state index contributed by atoms with van der Waals surface area (Å²) in [6, 6.07) is 1.73. The Morgan fingerprint density at radius 1 is 1.89 bits per heavy atom. The van der Waals surface area contributed by atoms with Crippen LogP contribution in [0.25, 0.3) is 0 Å². The first kappa shape index (κ1) is 6.49. The molecule has 0 saturated heterocycles. The first-order chi connectivity index (χ1) is 4.34. The molecule has 0 amide bonds. The van der Waals surface area contributed by atoms with Crippen LogP contribution in [-0.2, 0) is 0 Å². The Morgan fingerprint density at radius 2 is 2.67 bits per heavy atom. The van der Waals surface area contributed by atoms with Crippen molar-refractivity contribution in [2.24, 2.45) is 0 Å². The number of hydrogen-bond donors (Lipinski definition) is 0. The zero-order valence-corrected chi connectivity index (χ0v) is 5.99. The second-order valence-corrected chi connectivity index (χ2v) is 2.44. The van der Waals surface area contributed by atoms with Gasteiger partial charge >= 0.3 is 0 Å². The number of thiophene rings is 1. The largest absolute Gasteiger partial charge is 0.294 e. The molecule has 1 heterocycles. The summed E-state index contributed by atoms with van der Waals surface area (Å²) in [6.45, 7) is 1.86. The summed E-state index contributed by atoms with van der Waals surface area (Å²) in [5, 5.41) is 4.69. The highest BCUT2D eigenvalue weighted by atomic mass is 32.1. The maximum atomic E-state index is 10.9. The van der Waals surface area contributed by atoms with E-state index in [2.05, 4.69) is 5.38 Å². The van der Waals surface area contributed by atoms with Gasteiger partial charge in [0.15, 0.2) is 5.78 Å². The molecule has 0 atom stereocenters. The van der Waals surface area contributed by atoms with E-state index in [1.54, 1.807) is 6.07 Å². The van der Waals surface area contributed by atoms with Crippen LogP contribution < -0.4 is 0 Å². The number of Topliss-reactive ketones (excluding diaryl/α,β-unsaturated/α-hetero) is 1. The van der Waals surface area contributed by atoms with E-state index < -0.39 is 0 Å². The zero-order valence-electron chi connectivity index (χ0n) is 5.18. The van der Waals surface area contributed by atoms with E-state index in [1.807, 2.05) is 12.3 Å². The van der Waals surface area contributed by atoms with E-state index in [-0.39, 0.29) is 5.78 Å². The zero-order chi connectivity index (χ0) is 6.69.